The Hall–Kier alpha value is -0.670. The standard InChI is InChI=1S/C17H28N2S/c1-13-14(2)20-11-10-19(13)16-8-6-15(7-9-16)12-18-17(3,4)5/h6-9,13-14,18H,10-12H2,1-5H3. The van der Waals surface area contributed by atoms with E-state index in [1.165, 1.54) is 17.0 Å². The molecule has 2 nitrogen and oxygen atoms in total. The van der Waals surface area contributed by atoms with E-state index < -0.39 is 0 Å². The van der Waals surface area contributed by atoms with Crippen molar-refractivity contribution in [1.29, 1.82) is 0 Å². The van der Waals surface area contributed by atoms with Gasteiger partial charge in [0.05, 0.1) is 0 Å². The molecule has 20 heavy (non-hydrogen) atoms. The number of rotatable bonds is 3. The Bertz CT molecular complexity index is 422. The van der Waals surface area contributed by atoms with Crippen molar-refractivity contribution in [1.82, 2.24) is 5.32 Å². The molecule has 2 atom stereocenters. The zero-order chi connectivity index (χ0) is 14.8. The number of anilines is 1. The van der Waals surface area contributed by atoms with Gasteiger partial charge in [-0.2, -0.15) is 11.8 Å². The van der Waals surface area contributed by atoms with Gasteiger partial charge in [-0.3, -0.25) is 0 Å². The van der Waals surface area contributed by atoms with Crippen molar-refractivity contribution in [3.63, 3.8) is 0 Å². The molecule has 1 aromatic rings. The molecule has 1 saturated heterocycles. The van der Waals surface area contributed by atoms with Crippen LogP contribution in [0.1, 0.15) is 40.2 Å². The first-order valence-corrected chi connectivity index (χ1v) is 8.64. The lowest BCUT2D eigenvalue weighted by molar-refractivity contribution is 0.424. The minimum absolute atomic E-state index is 0.173. The third-order valence-electron chi connectivity index (χ3n) is 3.97. The van der Waals surface area contributed by atoms with E-state index in [0.717, 1.165) is 13.1 Å². The molecular weight excluding hydrogens is 264 g/mol. The van der Waals surface area contributed by atoms with Crippen LogP contribution in [-0.2, 0) is 6.54 Å². The molecule has 112 valence electrons. The Morgan fingerprint density at radius 3 is 2.45 bits per heavy atom. The van der Waals surface area contributed by atoms with E-state index in [4.69, 9.17) is 0 Å². The Morgan fingerprint density at radius 2 is 1.85 bits per heavy atom. The van der Waals surface area contributed by atoms with Crippen LogP contribution in [-0.4, -0.2) is 29.1 Å². The molecule has 0 amide bonds. The summed E-state index contributed by atoms with van der Waals surface area (Å²) in [6, 6.07) is 9.69. The molecule has 0 saturated carbocycles. The van der Waals surface area contributed by atoms with Crippen molar-refractivity contribution in [2.24, 2.45) is 0 Å². The van der Waals surface area contributed by atoms with Crippen LogP contribution in [0.15, 0.2) is 24.3 Å². The lowest BCUT2D eigenvalue weighted by Crippen LogP contribution is -2.44. The Labute approximate surface area is 128 Å². The fourth-order valence-electron chi connectivity index (χ4n) is 2.47. The Balaban J connectivity index is 2.00. The molecule has 0 radical (unpaired) electrons. The summed E-state index contributed by atoms with van der Waals surface area (Å²) in [6.07, 6.45) is 0. The van der Waals surface area contributed by atoms with Crippen LogP contribution in [0.2, 0.25) is 0 Å². The molecular formula is C17H28N2S. The van der Waals surface area contributed by atoms with Crippen LogP contribution in [0.5, 0.6) is 0 Å². The third-order valence-corrected chi connectivity index (χ3v) is 5.31. The Kier molecular flexibility index (Phi) is 5.03. The van der Waals surface area contributed by atoms with Crippen molar-refractivity contribution in [3.05, 3.63) is 29.8 Å². The molecule has 1 aliphatic heterocycles. The number of benzene rings is 1. The van der Waals surface area contributed by atoms with Crippen molar-refractivity contribution >= 4 is 17.4 Å². The first-order valence-electron chi connectivity index (χ1n) is 7.59. The van der Waals surface area contributed by atoms with Crippen LogP contribution in [0.4, 0.5) is 5.69 Å². The molecule has 0 bridgehead atoms. The SMILES string of the molecule is CC1SCCN(c2ccc(CNC(C)(C)C)cc2)C1C. The molecule has 3 heteroatoms. The normalized spacial score (nSPS) is 23.9. The average molecular weight is 292 g/mol. The molecule has 1 aliphatic rings. The van der Waals surface area contributed by atoms with Crippen molar-refractivity contribution in [2.45, 2.75) is 58.0 Å². The summed E-state index contributed by atoms with van der Waals surface area (Å²) in [5.41, 5.74) is 2.90. The van der Waals surface area contributed by atoms with E-state index in [-0.39, 0.29) is 5.54 Å². The summed E-state index contributed by atoms with van der Waals surface area (Å²) in [5, 5.41) is 4.25. The predicted molar refractivity (Wildman–Crippen MR) is 91.8 cm³/mol. The molecule has 0 aliphatic carbocycles. The van der Waals surface area contributed by atoms with Gasteiger partial charge in [-0.25, -0.2) is 0 Å². The first kappa shape index (κ1) is 15.7. The highest BCUT2D eigenvalue weighted by Gasteiger charge is 2.25. The van der Waals surface area contributed by atoms with E-state index in [2.05, 4.69) is 80.9 Å². The maximum Gasteiger partial charge on any atom is 0.0378 e. The van der Waals surface area contributed by atoms with Crippen molar-refractivity contribution in [2.75, 3.05) is 17.2 Å². The van der Waals surface area contributed by atoms with Crippen LogP contribution in [0, 0.1) is 0 Å². The lowest BCUT2D eigenvalue weighted by atomic mass is 10.1. The summed E-state index contributed by atoms with van der Waals surface area (Å²) in [4.78, 5) is 2.54. The second-order valence-corrected chi connectivity index (χ2v) is 8.27. The topological polar surface area (TPSA) is 15.3 Å². The fourth-order valence-corrected chi connectivity index (χ4v) is 3.57. The minimum atomic E-state index is 0.173. The molecule has 2 unspecified atom stereocenters. The fraction of sp³-hybridized carbons (Fsp3) is 0.647. The number of nitrogens with zero attached hydrogens (tertiary/aromatic N) is 1. The Morgan fingerprint density at radius 1 is 1.20 bits per heavy atom. The highest BCUT2D eigenvalue weighted by molar-refractivity contribution is 8.00. The summed E-state index contributed by atoms with van der Waals surface area (Å²) in [5.74, 6) is 1.23. The molecule has 1 heterocycles. The van der Waals surface area contributed by atoms with E-state index in [9.17, 15) is 0 Å². The zero-order valence-corrected chi connectivity index (χ0v) is 14.3. The van der Waals surface area contributed by atoms with Gasteiger partial charge in [0.25, 0.3) is 0 Å². The van der Waals surface area contributed by atoms with E-state index >= 15 is 0 Å². The maximum atomic E-state index is 3.54. The largest absolute Gasteiger partial charge is 0.367 e. The van der Waals surface area contributed by atoms with Crippen LogP contribution in [0.25, 0.3) is 0 Å². The van der Waals surface area contributed by atoms with Crippen LogP contribution >= 0.6 is 11.8 Å². The van der Waals surface area contributed by atoms with Crippen LogP contribution in [0.3, 0.4) is 0 Å². The number of thioether (sulfide) groups is 1. The van der Waals surface area contributed by atoms with Gasteiger partial charge in [0.2, 0.25) is 0 Å². The van der Waals surface area contributed by atoms with Gasteiger partial charge in [-0.1, -0.05) is 19.1 Å². The third kappa shape index (κ3) is 4.16. The summed E-state index contributed by atoms with van der Waals surface area (Å²) < 4.78 is 0. The number of nitrogens with one attached hydrogen (secondary N) is 1. The summed E-state index contributed by atoms with van der Waals surface area (Å²) in [7, 11) is 0. The highest BCUT2D eigenvalue weighted by Crippen LogP contribution is 2.29. The summed E-state index contributed by atoms with van der Waals surface area (Å²) in [6.45, 7) is 13.4. The molecule has 2 rings (SSSR count). The van der Waals surface area contributed by atoms with E-state index in [1.54, 1.807) is 0 Å². The zero-order valence-electron chi connectivity index (χ0n) is 13.4. The molecule has 0 spiro atoms. The highest BCUT2D eigenvalue weighted by atomic mass is 32.2. The second kappa shape index (κ2) is 6.40. The lowest BCUT2D eigenvalue weighted by Gasteiger charge is -2.39. The van der Waals surface area contributed by atoms with E-state index in [1.807, 2.05) is 0 Å². The molecule has 1 N–H and O–H groups in total. The first-order chi connectivity index (χ1) is 9.37. The van der Waals surface area contributed by atoms with Gasteiger partial charge >= 0.3 is 0 Å². The minimum Gasteiger partial charge on any atom is -0.367 e. The van der Waals surface area contributed by atoms with Gasteiger partial charge in [-0.05, 0) is 45.4 Å². The van der Waals surface area contributed by atoms with Crippen molar-refractivity contribution < 1.29 is 0 Å². The number of hydrogen-bond acceptors (Lipinski definition) is 3. The second-order valence-electron chi connectivity index (χ2n) is 6.78. The van der Waals surface area contributed by atoms with Gasteiger partial charge in [-0.15, -0.1) is 0 Å². The smallest absolute Gasteiger partial charge is 0.0378 e. The maximum absolute atomic E-state index is 3.54. The van der Waals surface area contributed by atoms with Crippen molar-refractivity contribution in [3.8, 4) is 0 Å². The summed E-state index contributed by atoms with van der Waals surface area (Å²) >= 11 is 2.09. The molecule has 1 fully saturated rings. The van der Waals surface area contributed by atoms with Crippen LogP contribution < -0.4 is 10.2 Å². The van der Waals surface area contributed by atoms with Gasteiger partial charge in [0.15, 0.2) is 0 Å². The molecule has 1 aromatic carbocycles. The predicted octanol–water partition coefficient (Wildman–Crippen LogP) is 3.90. The molecule has 0 aromatic heterocycles. The monoisotopic (exact) mass is 292 g/mol. The average Bonchev–Trinajstić information content (AvgIpc) is 2.40. The van der Waals surface area contributed by atoms with Gasteiger partial charge in [0.1, 0.15) is 0 Å². The van der Waals surface area contributed by atoms with E-state index in [0.29, 0.717) is 11.3 Å². The van der Waals surface area contributed by atoms with Gasteiger partial charge in [0, 0.05) is 41.4 Å². The number of hydrogen-bond donors (Lipinski definition) is 1. The quantitative estimate of drug-likeness (QED) is 0.909. The van der Waals surface area contributed by atoms with Gasteiger partial charge < -0.3 is 10.2 Å².